The number of ether oxygens (including phenoxy) is 1. The molecule has 0 spiro atoms. The molecule has 1 aromatic carbocycles. The number of benzene rings is 1. The number of anilines is 2. The van der Waals surface area contributed by atoms with Crippen LogP contribution in [0.4, 0.5) is 11.4 Å². The van der Waals surface area contributed by atoms with Gasteiger partial charge in [-0.15, -0.1) is 0 Å². The van der Waals surface area contributed by atoms with Gasteiger partial charge in [0.1, 0.15) is 6.61 Å². The predicted octanol–water partition coefficient (Wildman–Crippen LogP) is 3.10. The molecule has 124 valence electrons. The van der Waals surface area contributed by atoms with Crippen LogP contribution in [0.5, 0.6) is 0 Å². The van der Waals surface area contributed by atoms with Crippen LogP contribution in [0.15, 0.2) is 22.7 Å². The van der Waals surface area contributed by atoms with E-state index in [2.05, 4.69) is 27.0 Å². The van der Waals surface area contributed by atoms with Crippen LogP contribution in [0, 0.1) is 0 Å². The highest BCUT2D eigenvalue weighted by Gasteiger charge is 2.22. The number of hydrogen-bond donors (Lipinski definition) is 0. The van der Waals surface area contributed by atoms with Crippen molar-refractivity contribution in [1.82, 2.24) is 10.1 Å². The van der Waals surface area contributed by atoms with Crippen LogP contribution in [-0.2, 0) is 17.9 Å². The molecule has 0 amide bonds. The fourth-order valence-corrected chi connectivity index (χ4v) is 2.73. The Kier molecular flexibility index (Phi) is 4.73. The van der Waals surface area contributed by atoms with Crippen LogP contribution < -0.4 is 9.80 Å². The summed E-state index contributed by atoms with van der Waals surface area (Å²) < 4.78 is 10.8. The lowest BCUT2D eigenvalue weighted by Gasteiger charge is -2.36. The van der Waals surface area contributed by atoms with Gasteiger partial charge in [-0.2, -0.15) is 4.98 Å². The summed E-state index contributed by atoms with van der Waals surface area (Å²) in [6, 6.07) is 5.92. The van der Waals surface area contributed by atoms with Crippen molar-refractivity contribution in [2.75, 3.05) is 29.9 Å². The van der Waals surface area contributed by atoms with Crippen LogP contribution in [0.1, 0.15) is 25.6 Å². The molecule has 3 rings (SSSR count). The molecule has 1 aromatic heterocycles. The van der Waals surface area contributed by atoms with Crippen LogP contribution in [0.3, 0.4) is 0 Å². The summed E-state index contributed by atoms with van der Waals surface area (Å²) in [6.45, 7) is 6.73. The predicted molar refractivity (Wildman–Crippen MR) is 90.0 cm³/mol. The highest BCUT2D eigenvalue weighted by molar-refractivity contribution is 6.31. The molecule has 0 saturated carbocycles. The zero-order valence-electron chi connectivity index (χ0n) is 13.6. The van der Waals surface area contributed by atoms with Crippen LogP contribution in [0.2, 0.25) is 5.02 Å². The largest absolute Gasteiger partial charge is 0.371 e. The lowest BCUT2D eigenvalue weighted by atomic mass is 10.1. The van der Waals surface area contributed by atoms with Crippen molar-refractivity contribution < 1.29 is 9.26 Å². The molecule has 0 aliphatic carbocycles. The number of halogens is 1. The zero-order valence-corrected chi connectivity index (χ0v) is 14.4. The molecule has 0 N–H and O–H groups in total. The van der Waals surface area contributed by atoms with Gasteiger partial charge in [0.25, 0.3) is 0 Å². The van der Waals surface area contributed by atoms with Crippen molar-refractivity contribution in [2.45, 2.75) is 33.1 Å². The quantitative estimate of drug-likeness (QED) is 0.836. The van der Waals surface area contributed by atoms with Crippen LogP contribution in [-0.4, -0.2) is 36.4 Å². The molecule has 0 radical (unpaired) electrons. The molecule has 0 saturated heterocycles. The first-order valence-corrected chi connectivity index (χ1v) is 8.09. The molecule has 6 nitrogen and oxygen atoms in total. The molecule has 0 fully saturated rings. The lowest BCUT2D eigenvalue weighted by Crippen LogP contribution is -2.38. The van der Waals surface area contributed by atoms with E-state index < -0.39 is 0 Å². The summed E-state index contributed by atoms with van der Waals surface area (Å²) in [5.41, 5.74) is 2.24. The SMILES string of the molecule is CC(C)OCc1noc(CN2CCN(C)c3cc(Cl)ccc32)n1. The Morgan fingerprint density at radius 1 is 1.30 bits per heavy atom. The Labute approximate surface area is 141 Å². The molecule has 2 heterocycles. The molecule has 23 heavy (non-hydrogen) atoms. The number of fused-ring (bicyclic) bond motifs is 1. The average molecular weight is 337 g/mol. The number of rotatable bonds is 5. The van der Waals surface area contributed by atoms with Crippen molar-refractivity contribution in [3.05, 3.63) is 34.9 Å². The van der Waals surface area contributed by atoms with E-state index in [1.165, 1.54) is 0 Å². The maximum absolute atomic E-state index is 6.11. The Morgan fingerprint density at radius 3 is 2.91 bits per heavy atom. The molecular formula is C16H21ClN4O2. The van der Waals surface area contributed by atoms with Crippen molar-refractivity contribution in [1.29, 1.82) is 0 Å². The molecule has 2 aromatic rings. The standard InChI is InChI=1S/C16H21ClN4O2/c1-11(2)22-10-15-18-16(23-19-15)9-21-7-6-20(3)14-8-12(17)4-5-13(14)21/h4-5,8,11H,6-7,9-10H2,1-3H3. The number of likely N-dealkylation sites (N-methyl/N-ethyl adjacent to an activating group) is 1. The Hall–Kier alpha value is -1.79. The summed E-state index contributed by atoms with van der Waals surface area (Å²) in [5.74, 6) is 1.18. The summed E-state index contributed by atoms with van der Waals surface area (Å²) >= 11 is 6.11. The molecule has 0 unspecified atom stereocenters. The summed E-state index contributed by atoms with van der Waals surface area (Å²) in [6.07, 6.45) is 0.145. The first kappa shape index (κ1) is 16.1. The first-order valence-electron chi connectivity index (χ1n) is 7.71. The molecule has 0 bridgehead atoms. The number of aromatic nitrogens is 2. The average Bonchev–Trinajstić information content (AvgIpc) is 2.96. The second-order valence-corrected chi connectivity index (χ2v) is 6.38. The molecule has 7 heteroatoms. The smallest absolute Gasteiger partial charge is 0.246 e. The second kappa shape index (κ2) is 6.76. The highest BCUT2D eigenvalue weighted by atomic mass is 35.5. The molecule has 0 atom stereocenters. The van der Waals surface area contributed by atoms with Gasteiger partial charge < -0.3 is 19.1 Å². The van der Waals surface area contributed by atoms with Gasteiger partial charge in [-0.1, -0.05) is 16.8 Å². The summed E-state index contributed by atoms with van der Waals surface area (Å²) in [7, 11) is 2.07. The van der Waals surface area contributed by atoms with Gasteiger partial charge in [-0.3, -0.25) is 0 Å². The minimum absolute atomic E-state index is 0.145. The minimum atomic E-state index is 0.145. The maximum atomic E-state index is 6.11. The van der Waals surface area contributed by atoms with Crippen molar-refractivity contribution >= 4 is 23.0 Å². The van der Waals surface area contributed by atoms with Gasteiger partial charge in [0, 0.05) is 25.2 Å². The Bertz CT molecular complexity index is 674. The fraction of sp³-hybridized carbons (Fsp3) is 0.500. The van der Waals surface area contributed by atoms with Gasteiger partial charge in [-0.25, -0.2) is 0 Å². The van der Waals surface area contributed by atoms with E-state index in [0.717, 1.165) is 29.5 Å². The monoisotopic (exact) mass is 336 g/mol. The first-order chi connectivity index (χ1) is 11.0. The number of hydrogen-bond acceptors (Lipinski definition) is 6. The second-order valence-electron chi connectivity index (χ2n) is 5.94. The third kappa shape index (κ3) is 3.76. The van der Waals surface area contributed by atoms with E-state index in [-0.39, 0.29) is 6.10 Å². The van der Waals surface area contributed by atoms with E-state index >= 15 is 0 Å². The van der Waals surface area contributed by atoms with Crippen molar-refractivity contribution in [3.63, 3.8) is 0 Å². The lowest BCUT2D eigenvalue weighted by molar-refractivity contribution is 0.0601. The molecule has 1 aliphatic heterocycles. The van der Waals surface area contributed by atoms with Gasteiger partial charge in [0.05, 0.1) is 24.0 Å². The van der Waals surface area contributed by atoms with Gasteiger partial charge in [0.15, 0.2) is 5.82 Å². The molecule has 1 aliphatic rings. The normalized spacial score (nSPS) is 14.5. The Morgan fingerprint density at radius 2 is 2.13 bits per heavy atom. The van der Waals surface area contributed by atoms with E-state index in [0.29, 0.717) is 24.9 Å². The maximum Gasteiger partial charge on any atom is 0.246 e. The minimum Gasteiger partial charge on any atom is -0.371 e. The fourth-order valence-electron chi connectivity index (χ4n) is 2.56. The van der Waals surface area contributed by atoms with Crippen LogP contribution in [0.25, 0.3) is 0 Å². The summed E-state index contributed by atoms with van der Waals surface area (Å²) in [4.78, 5) is 8.83. The van der Waals surface area contributed by atoms with Crippen molar-refractivity contribution in [2.24, 2.45) is 0 Å². The van der Waals surface area contributed by atoms with E-state index in [4.69, 9.17) is 20.9 Å². The number of nitrogens with zero attached hydrogens (tertiary/aromatic N) is 4. The van der Waals surface area contributed by atoms with Gasteiger partial charge in [-0.05, 0) is 32.0 Å². The third-order valence-corrected chi connectivity index (χ3v) is 4.01. The topological polar surface area (TPSA) is 54.6 Å². The van der Waals surface area contributed by atoms with Crippen molar-refractivity contribution in [3.8, 4) is 0 Å². The molecular weight excluding hydrogens is 316 g/mol. The van der Waals surface area contributed by atoms with E-state index in [9.17, 15) is 0 Å². The van der Waals surface area contributed by atoms with Crippen LogP contribution >= 0.6 is 11.6 Å². The third-order valence-electron chi connectivity index (χ3n) is 3.78. The summed E-state index contributed by atoms with van der Waals surface area (Å²) in [5, 5.41) is 4.71. The van der Waals surface area contributed by atoms with Gasteiger partial charge >= 0.3 is 0 Å². The Balaban J connectivity index is 1.73. The van der Waals surface area contributed by atoms with E-state index in [1.807, 2.05) is 32.0 Å². The van der Waals surface area contributed by atoms with E-state index in [1.54, 1.807) is 0 Å². The zero-order chi connectivity index (χ0) is 16.4. The van der Waals surface area contributed by atoms with Gasteiger partial charge in [0.2, 0.25) is 5.89 Å². The highest BCUT2D eigenvalue weighted by Crippen LogP contribution is 2.35.